The number of aliphatic hydroxyl groups excluding tert-OH is 2. The van der Waals surface area contributed by atoms with E-state index >= 15 is 0 Å². The summed E-state index contributed by atoms with van der Waals surface area (Å²) < 4.78 is 0. The SMILES string of the molecule is O=C1NCCN1c1cccc(NCC(O)CO)c1. The van der Waals surface area contributed by atoms with E-state index in [1.165, 1.54) is 0 Å². The van der Waals surface area contributed by atoms with E-state index in [0.717, 1.165) is 11.4 Å². The van der Waals surface area contributed by atoms with Crippen LogP contribution in [0.2, 0.25) is 0 Å². The van der Waals surface area contributed by atoms with E-state index in [4.69, 9.17) is 5.11 Å². The first-order valence-corrected chi connectivity index (χ1v) is 5.89. The number of amides is 2. The van der Waals surface area contributed by atoms with Crippen molar-refractivity contribution in [3.8, 4) is 0 Å². The van der Waals surface area contributed by atoms with Crippen molar-refractivity contribution in [2.45, 2.75) is 6.10 Å². The van der Waals surface area contributed by atoms with E-state index in [1.807, 2.05) is 24.3 Å². The maximum Gasteiger partial charge on any atom is 0.321 e. The number of benzene rings is 1. The molecule has 98 valence electrons. The van der Waals surface area contributed by atoms with Crippen LogP contribution in [0.4, 0.5) is 16.2 Å². The lowest BCUT2D eigenvalue weighted by Crippen LogP contribution is -2.27. The Balaban J connectivity index is 2.03. The molecule has 1 aliphatic heterocycles. The fraction of sp³-hybridized carbons (Fsp3) is 0.417. The van der Waals surface area contributed by atoms with Gasteiger partial charge in [0, 0.05) is 31.0 Å². The number of carbonyl (C=O) groups excluding carboxylic acids is 1. The zero-order chi connectivity index (χ0) is 13.0. The highest BCUT2D eigenvalue weighted by atomic mass is 16.3. The molecule has 1 aromatic carbocycles. The third kappa shape index (κ3) is 2.91. The fourth-order valence-corrected chi connectivity index (χ4v) is 1.80. The second-order valence-electron chi connectivity index (χ2n) is 4.15. The lowest BCUT2D eigenvalue weighted by atomic mass is 10.2. The predicted octanol–water partition coefficient (Wildman–Crippen LogP) is -0.0187. The molecule has 0 spiro atoms. The number of hydrogen-bond donors (Lipinski definition) is 4. The van der Waals surface area contributed by atoms with Crippen molar-refractivity contribution in [2.24, 2.45) is 0 Å². The molecule has 1 aliphatic rings. The van der Waals surface area contributed by atoms with Crippen LogP contribution in [0.15, 0.2) is 24.3 Å². The van der Waals surface area contributed by atoms with Crippen LogP contribution >= 0.6 is 0 Å². The fourth-order valence-electron chi connectivity index (χ4n) is 1.80. The molecule has 2 rings (SSSR count). The molecule has 0 bridgehead atoms. The molecule has 1 aromatic rings. The number of urea groups is 1. The Morgan fingerprint density at radius 2 is 2.33 bits per heavy atom. The molecule has 1 unspecified atom stereocenters. The zero-order valence-corrected chi connectivity index (χ0v) is 9.97. The lowest BCUT2D eigenvalue weighted by molar-refractivity contribution is 0.105. The van der Waals surface area contributed by atoms with E-state index < -0.39 is 6.10 Å². The first-order chi connectivity index (χ1) is 8.70. The number of aliphatic hydroxyl groups is 2. The zero-order valence-electron chi connectivity index (χ0n) is 9.97. The summed E-state index contributed by atoms with van der Waals surface area (Å²) >= 11 is 0. The first-order valence-electron chi connectivity index (χ1n) is 5.89. The Labute approximate surface area is 105 Å². The van der Waals surface area contributed by atoms with Gasteiger partial charge in [-0.25, -0.2) is 4.79 Å². The molecule has 6 nitrogen and oxygen atoms in total. The molecule has 4 N–H and O–H groups in total. The molecule has 6 heteroatoms. The lowest BCUT2D eigenvalue weighted by Gasteiger charge is -2.16. The third-order valence-electron chi connectivity index (χ3n) is 2.77. The van der Waals surface area contributed by atoms with Gasteiger partial charge in [0.1, 0.15) is 0 Å². The van der Waals surface area contributed by atoms with E-state index in [9.17, 15) is 9.90 Å². The van der Waals surface area contributed by atoms with E-state index in [1.54, 1.807) is 4.90 Å². The normalized spacial score (nSPS) is 16.6. The molecule has 0 aromatic heterocycles. The van der Waals surface area contributed by atoms with Gasteiger partial charge in [0.15, 0.2) is 0 Å². The molecule has 2 amide bonds. The van der Waals surface area contributed by atoms with Gasteiger partial charge < -0.3 is 20.8 Å². The largest absolute Gasteiger partial charge is 0.394 e. The number of rotatable bonds is 5. The smallest absolute Gasteiger partial charge is 0.321 e. The van der Waals surface area contributed by atoms with Crippen molar-refractivity contribution < 1.29 is 15.0 Å². The van der Waals surface area contributed by atoms with Crippen molar-refractivity contribution in [3.63, 3.8) is 0 Å². The second kappa shape index (κ2) is 5.70. The Bertz CT molecular complexity index is 425. The molecule has 1 fully saturated rings. The van der Waals surface area contributed by atoms with Crippen molar-refractivity contribution in [2.75, 3.05) is 36.5 Å². The maximum absolute atomic E-state index is 11.5. The van der Waals surface area contributed by atoms with Gasteiger partial charge in [0.2, 0.25) is 0 Å². The van der Waals surface area contributed by atoms with Crippen LogP contribution in [-0.2, 0) is 0 Å². The van der Waals surface area contributed by atoms with Gasteiger partial charge in [-0.1, -0.05) is 6.07 Å². The molecule has 0 radical (unpaired) electrons. The molecule has 1 heterocycles. The van der Waals surface area contributed by atoms with E-state index in [0.29, 0.717) is 13.1 Å². The summed E-state index contributed by atoms with van der Waals surface area (Å²) in [6.45, 7) is 1.30. The topological polar surface area (TPSA) is 84.8 Å². The van der Waals surface area contributed by atoms with Crippen LogP contribution in [0.1, 0.15) is 0 Å². The Kier molecular flexibility index (Phi) is 4.01. The summed E-state index contributed by atoms with van der Waals surface area (Å²) in [6.07, 6.45) is -0.788. The highest BCUT2D eigenvalue weighted by Crippen LogP contribution is 2.20. The van der Waals surface area contributed by atoms with Crippen LogP contribution in [0.25, 0.3) is 0 Å². The summed E-state index contributed by atoms with van der Waals surface area (Å²) in [6, 6.07) is 7.30. The van der Waals surface area contributed by atoms with Crippen LogP contribution < -0.4 is 15.5 Å². The van der Waals surface area contributed by atoms with Gasteiger partial charge in [-0.3, -0.25) is 4.90 Å². The first kappa shape index (κ1) is 12.7. The summed E-state index contributed by atoms with van der Waals surface area (Å²) in [5, 5.41) is 23.7. The number of nitrogens with one attached hydrogen (secondary N) is 2. The monoisotopic (exact) mass is 251 g/mol. The maximum atomic E-state index is 11.5. The molecular formula is C12H17N3O3. The van der Waals surface area contributed by atoms with Gasteiger partial charge in [0.05, 0.1) is 12.7 Å². The average molecular weight is 251 g/mol. The molecule has 1 atom stereocenters. The predicted molar refractivity (Wildman–Crippen MR) is 68.8 cm³/mol. The summed E-state index contributed by atoms with van der Waals surface area (Å²) in [5.41, 5.74) is 1.62. The standard InChI is InChI=1S/C12H17N3O3/c16-8-11(17)7-14-9-2-1-3-10(6-9)15-5-4-13-12(15)18/h1-3,6,11,14,16-17H,4-5,7-8H2,(H,13,18). The van der Waals surface area contributed by atoms with Gasteiger partial charge in [-0.15, -0.1) is 0 Å². The van der Waals surface area contributed by atoms with Crippen molar-refractivity contribution in [1.29, 1.82) is 0 Å². The number of nitrogens with zero attached hydrogens (tertiary/aromatic N) is 1. The number of anilines is 2. The van der Waals surface area contributed by atoms with Gasteiger partial charge in [-0.05, 0) is 18.2 Å². The van der Waals surface area contributed by atoms with Crippen LogP contribution in [0.3, 0.4) is 0 Å². The van der Waals surface area contributed by atoms with Crippen LogP contribution in [0.5, 0.6) is 0 Å². The van der Waals surface area contributed by atoms with Gasteiger partial charge in [0.25, 0.3) is 0 Å². The molecular weight excluding hydrogens is 234 g/mol. The van der Waals surface area contributed by atoms with Crippen LogP contribution in [-0.4, -0.2) is 48.6 Å². The second-order valence-corrected chi connectivity index (χ2v) is 4.15. The minimum atomic E-state index is -0.788. The number of carbonyl (C=O) groups is 1. The van der Waals surface area contributed by atoms with E-state index in [-0.39, 0.29) is 19.2 Å². The molecule has 18 heavy (non-hydrogen) atoms. The summed E-state index contributed by atoms with van der Waals surface area (Å²) in [4.78, 5) is 13.2. The molecule has 0 aliphatic carbocycles. The Hall–Kier alpha value is -1.79. The highest BCUT2D eigenvalue weighted by Gasteiger charge is 2.20. The Morgan fingerprint density at radius 1 is 1.50 bits per heavy atom. The highest BCUT2D eigenvalue weighted by molar-refractivity contribution is 5.94. The van der Waals surface area contributed by atoms with Gasteiger partial charge in [-0.2, -0.15) is 0 Å². The van der Waals surface area contributed by atoms with Crippen LogP contribution in [0, 0.1) is 0 Å². The van der Waals surface area contributed by atoms with Crippen molar-refractivity contribution in [3.05, 3.63) is 24.3 Å². The minimum Gasteiger partial charge on any atom is -0.394 e. The third-order valence-corrected chi connectivity index (χ3v) is 2.77. The Morgan fingerprint density at radius 3 is 3.00 bits per heavy atom. The van der Waals surface area contributed by atoms with Gasteiger partial charge >= 0.3 is 6.03 Å². The van der Waals surface area contributed by atoms with E-state index in [2.05, 4.69) is 10.6 Å². The number of hydrogen-bond acceptors (Lipinski definition) is 4. The summed E-state index contributed by atoms with van der Waals surface area (Å²) in [5.74, 6) is 0. The molecule has 0 saturated carbocycles. The summed E-state index contributed by atoms with van der Waals surface area (Å²) in [7, 11) is 0. The average Bonchev–Trinajstić information content (AvgIpc) is 2.82. The van der Waals surface area contributed by atoms with Crippen molar-refractivity contribution in [1.82, 2.24) is 5.32 Å². The van der Waals surface area contributed by atoms with Crippen molar-refractivity contribution >= 4 is 17.4 Å². The minimum absolute atomic E-state index is 0.0949. The molecule has 1 saturated heterocycles. The quantitative estimate of drug-likeness (QED) is 0.592.